The van der Waals surface area contributed by atoms with Gasteiger partial charge in [-0.2, -0.15) is 4.98 Å². The van der Waals surface area contributed by atoms with Crippen molar-refractivity contribution in [3.63, 3.8) is 0 Å². The molecule has 1 saturated carbocycles. The molecule has 25 heavy (non-hydrogen) atoms. The molecule has 0 aliphatic heterocycles. The predicted octanol–water partition coefficient (Wildman–Crippen LogP) is 2.10. The lowest BCUT2D eigenvalue weighted by molar-refractivity contribution is 0.0950. The molecule has 2 aromatic rings. The highest BCUT2D eigenvalue weighted by Crippen LogP contribution is 2.31. The van der Waals surface area contributed by atoms with Crippen LogP contribution in [0, 0.1) is 5.92 Å². The average Bonchev–Trinajstić information content (AvgIpc) is 3.36. The summed E-state index contributed by atoms with van der Waals surface area (Å²) in [5, 5.41) is 6.69. The highest BCUT2D eigenvalue weighted by Gasteiger charge is 2.28. The monoisotopic (exact) mass is 366 g/mol. The lowest BCUT2D eigenvalue weighted by Crippen LogP contribution is -2.38. The molecule has 1 amide bonds. The van der Waals surface area contributed by atoms with Gasteiger partial charge in [-0.05, 0) is 43.0 Å². The largest absolute Gasteiger partial charge is 0.485 e. The molecule has 0 radical (unpaired) electrons. The molecule has 1 heterocycles. The molecular weight excluding hydrogens is 344 g/mol. The maximum atomic E-state index is 12.1. The Morgan fingerprint density at radius 1 is 1.40 bits per heavy atom. The smallest absolute Gasteiger partial charge is 0.251 e. The Morgan fingerprint density at radius 2 is 2.12 bits per heavy atom. The Bertz CT molecular complexity index is 685. The molecule has 1 fully saturated rings. The van der Waals surface area contributed by atoms with Gasteiger partial charge in [0, 0.05) is 24.6 Å². The van der Waals surface area contributed by atoms with Gasteiger partial charge in [-0.3, -0.25) is 4.79 Å². The molecule has 0 saturated heterocycles. The van der Waals surface area contributed by atoms with Crippen LogP contribution in [-0.4, -0.2) is 28.6 Å². The fourth-order valence-electron chi connectivity index (χ4n) is 2.35. The molecule has 1 aliphatic rings. The van der Waals surface area contributed by atoms with Crippen LogP contribution in [0.3, 0.4) is 0 Å². The Kier molecular flexibility index (Phi) is 6.78. The summed E-state index contributed by atoms with van der Waals surface area (Å²) in [6.45, 7) is 2.68. The van der Waals surface area contributed by atoms with Gasteiger partial charge >= 0.3 is 0 Å². The third-order valence-corrected chi connectivity index (χ3v) is 4.02. The molecule has 0 spiro atoms. The van der Waals surface area contributed by atoms with E-state index in [1.807, 2.05) is 6.92 Å². The van der Waals surface area contributed by atoms with Gasteiger partial charge in [0.25, 0.3) is 5.91 Å². The number of hydrogen-bond acceptors (Lipinski definition) is 6. The van der Waals surface area contributed by atoms with E-state index >= 15 is 0 Å². The van der Waals surface area contributed by atoms with Crippen LogP contribution in [0.25, 0.3) is 0 Å². The highest BCUT2D eigenvalue weighted by molar-refractivity contribution is 5.94. The van der Waals surface area contributed by atoms with Crippen LogP contribution in [0.15, 0.2) is 28.8 Å². The van der Waals surface area contributed by atoms with Crippen molar-refractivity contribution in [2.75, 3.05) is 6.54 Å². The zero-order valence-corrected chi connectivity index (χ0v) is 14.9. The van der Waals surface area contributed by atoms with E-state index in [2.05, 4.69) is 15.5 Å². The van der Waals surface area contributed by atoms with E-state index in [1.54, 1.807) is 24.3 Å². The molecule has 0 bridgehead atoms. The van der Waals surface area contributed by atoms with Crippen molar-refractivity contribution in [1.82, 2.24) is 15.5 Å². The maximum Gasteiger partial charge on any atom is 0.251 e. The maximum absolute atomic E-state index is 12.1. The number of nitrogens with one attached hydrogen (secondary N) is 1. The topological polar surface area (TPSA) is 103 Å². The predicted molar refractivity (Wildman–Crippen MR) is 94.7 cm³/mol. The van der Waals surface area contributed by atoms with Crippen LogP contribution in [0.2, 0.25) is 0 Å². The van der Waals surface area contributed by atoms with E-state index in [1.165, 1.54) is 12.8 Å². The quantitative estimate of drug-likeness (QED) is 0.741. The summed E-state index contributed by atoms with van der Waals surface area (Å²) in [5.74, 6) is 2.18. The molecule has 8 heteroatoms. The van der Waals surface area contributed by atoms with Gasteiger partial charge < -0.3 is 20.3 Å². The number of carbonyl (C=O) groups is 1. The summed E-state index contributed by atoms with van der Waals surface area (Å²) in [4.78, 5) is 16.2. The molecule has 1 unspecified atom stereocenters. The summed E-state index contributed by atoms with van der Waals surface area (Å²) >= 11 is 0. The SMILES string of the molecule is CCc1nc(COc2ccc(C(=O)NCC(N)C3CC3)cc2)no1.Cl. The molecule has 1 aromatic carbocycles. The summed E-state index contributed by atoms with van der Waals surface area (Å²) in [7, 11) is 0. The van der Waals surface area contributed by atoms with Crippen LogP contribution >= 0.6 is 12.4 Å². The first-order valence-corrected chi connectivity index (χ1v) is 8.23. The minimum absolute atomic E-state index is 0. The van der Waals surface area contributed by atoms with Crippen molar-refractivity contribution in [2.24, 2.45) is 11.7 Å². The van der Waals surface area contributed by atoms with Gasteiger partial charge in [-0.15, -0.1) is 12.4 Å². The highest BCUT2D eigenvalue weighted by atomic mass is 35.5. The zero-order valence-electron chi connectivity index (χ0n) is 14.1. The van der Waals surface area contributed by atoms with Gasteiger partial charge in [-0.1, -0.05) is 12.1 Å². The fourth-order valence-corrected chi connectivity index (χ4v) is 2.35. The standard InChI is InChI=1S/C17H22N4O3.ClH/c1-2-16-20-15(21-24-16)10-23-13-7-5-12(6-8-13)17(22)19-9-14(18)11-3-4-11;/h5-8,11,14H,2-4,9-10,18H2,1H3,(H,19,22);1H. The second-order valence-electron chi connectivity index (χ2n) is 5.98. The number of aromatic nitrogens is 2. The number of nitrogens with two attached hydrogens (primary N) is 1. The molecule has 3 rings (SSSR count). The Balaban J connectivity index is 0.00000225. The molecular formula is C17H23ClN4O3. The number of amides is 1. The van der Waals surface area contributed by atoms with Crippen LogP contribution < -0.4 is 15.8 Å². The van der Waals surface area contributed by atoms with Crippen molar-refractivity contribution in [1.29, 1.82) is 0 Å². The Morgan fingerprint density at radius 3 is 2.72 bits per heavy atom. The number of hydrogen-bond donors (Lipinski definition) is 2. The van der Waals surface area contributed by atoms with Crippen LogP contribution in [0.5, 0.6) is 5.75 Å². The number of rotatable bonds is 8. The Hall–Kier alpha value is -2.12. The molecule has 1 atom stereocenters. The number of nitrogens with zero attached hydrogens (tertiary/aromatic N) is 2. The van der Waals surface area contributed by atoms with Crippen molar-refractivity contribution in [3.05, 3.63) is 41.5 Å². The van der Waals surface area contributed by atoms with E-state index < -0.39 is 0 Å². The average molecular weight is 367 g/mol. The summed E-state index contributed by atoms with van der Waals surface area (Å²) in [6.07, 6.45) is 3.04. The second kappa shape index (κ2) is 8.82. The van der Waals surface area contributed by atoms with E-state index in [4.69, 9.17) is 15.0 Å². The second-order valence-corrected chi connectivity index (χ2v) is 5.98. The van der Waals surface area contributed by atoms with E-state index in [9.17, 15) is 4.79 Å². The number of halogens is 1. The van der Waals surface area contributed by atoms with Gasteiger partial charge in [0.2, 0.25) is 11.7 Å². The van der Waals surface area contributed by atoms with Crippen molar-refractivity contribution >= 4 is 18.3 Å². The summed E-state index contributed by atoms with van der Waals surface area (Å²) < 4.78 is 10.6. The number of ether oxygens (including phenoxy) is 1. The lowest BCUT2D eigenvalue weighted by Gasteiger charge is -2.11. The van der Waals surface area contributed by atoms with Gasteiger partial charge in [0.05, 0.1) is 0 Å². The number of carbonyl (C=O) groups excluding carboxylic acids is 1. The van der Waals surface area contributed by atoms with Gasteiger partial charge in [0.15, 0.2) is 6.61 Å². The van der Waals surface area contributed by atoms with Crippen molar-refractivity contribution in [3.8, 4) is 5.75 Å². The molecule has 1 aromatic heterocycles. The third kappa shape index (κ3) is 5.44. The minimum atomic E-state index is -0.122. The normalized spacial score (nSPS) is 14.5. The molecule has 3 N–H and O–H groups in total. The van der Waals surface area contributed by atoms with E-state index in [0.717, 1.165) is 0 Å². The number of aryl methyl sites for hydroxylation is 1. The fraction of sp³-hybridized carbons (Fsp3) is 0.471. The zero-order chi connectivity index (χ0) is 16.9. The first-order chi connectivity index (χ1) is 11.7. The molecule has 1 aliphatic carbocycles. The third-order valence-electron chi connectivity index (χ3n) is 4.02. The lowest BCUT2D eigenvalue weighted by atomic mass is 10.1. The van der Waals surface area contributed by atoms with Crippen molar-refractivity contribution in [2.45, 2.75) is 38.8 Å². The van der Waals surface area contributed by atoms with Crippen LogP contribution in [0.4, 0.5) is 0 Å². The molecule has 7 nitrogen and oxygen atoms in total. The summed E-state index contributed by atoms with van der Waals surface area (Å²) in [6, 6.07) is 6.99. The first-order valence-electron chi connectivity index (χ1n) is 8.23. The van der Waals surface area contributed by atoms with E-state index in [-0.39, 0.29) is 31.0 Å². The number of benzene rings is 1. The minimum Gasteiger partial charge on any atom is -0.485 e. The van der Waals surface area contributed by atoms with Gasteiger partial charge in [0.1, 0.15) is 5.75 Å². The van der Waals surface area contributed by atoms with Crippen LogP contribution in [-0.2, 0) is 13.0 Å². The van der Waals surface area contributed by atoms with E-state index in [0.29, 0.717) is 41.9 Å². The Labute approximate surface area is 152 Å². The molecule has 136 valence electrons. The van der Waals surface area contributed by atoms with Crippen molar-refractivity contribution < 1.29 is 14.1 Å². The van der Waals surface area contributed by atoms with Crippen LogP contribution in [0.1, 0.15) is 41.8 Å². The first kappa shape index (κ1) is 19.2. The van der Waals surface area contributed by atoms with Gasteiger partial charge in [-0.25, -0.2) is 0 Å². The summed E-state index contributed by atoms with van der Waals surface area (Å²) in [5.41, 5.74) is 6.56.